The van der Waals surface area contributed by atoms with Gasteiger partial charge in [0.1, 0.15) is 0 Å². The van der Waals surface area contributed by atoms with E-state index in [1.165, 1.54) is 6.07 Å². The standard InChI is InChI=1S/C8H8N2O3/c1-6-2-3-7(5-9-11)4-8(6)10(12)13/h2-5,11H,1H3/b9-5+. The molecule has 1 aromatic rings. The Morgan fingerprint density at radius 3 is 2.85 bits per heavy atom. The first-order valence-electron chi connectivity index (χ1n) is 3.57. The lowest BCUT2D eigenvalue weighted by molar-refractivity contribution is -0.385. The van der Waals surface area contributed by atoms with Crippen LogP contribution in [0.5, 0.6) is 0 Å². The summed E-state index contributed by atoms with van der Waals surface area (Å²) in [5, 5.41) is 21.5. The molecule has 1 N–H and O–H groups in total. The van der Waals surface area contributed by atoms with Crippen molar-refractivity contribution in [3.63, 3.8) is 0 Å². The van der Waals surface area contributed by atoms with Gasteiger partial charge in [-0.05, 0) is 6.92 Å². The highest BCUT2D eigenvalue weighted by Gasteiger charge is 2.09. The molecule has 0 fully saturated rings. The second-order valence-corrected chi connectivity index (χ2v) is 2.55. The van der Waals surface area contributed by atoms with Crippen LogP contribution in [0.4, 0.5) is 5.69 Å². The zero-order valence-corrected chi connectivity index (χ0v) is 6.97. The molecule has 0 radical (unpaired) electrons. The largest absolute Gasteiger partial charge is 0.411 e. The molecule has 0 aliphatic carbocycles. The van der Waals surface area contributed by atoms with Gasteiger partial charge in [-0.2, -0.15) is 0 Å². The van der Waals surface area contributed by atoms with Crippen LogP contribution in [0.15, 0.2) is 23.4 Å². The predicted molar refractivity (Wildman–Crippen MR) is 47.2 cm³/mol. The van der Waals surface area contributed by atoms with Crippen molar-refractivity contribution in [2.24, 2.45) is 5.16 Å². The molecular formula is C8H8N2O3. The lowest BCUT2D eigenvalue weighted by Crippen LogP contribution is -1.93. The van der Waals surface area contributed by atoms with Crippen molar-refractivity contribution in [2.45, 2.75) is 6.92 Å². The van der Waals surface area contributed by atoms with Crippen LogP contribution in [0.3, 0.4) is 0 Å². The van der Waals surface area contributed by atoms with E-state index in [-0.39, 0.29) is 5.69 Å². The molecule has 0 bridgehead atoms. The molecule has 0 aromatic heterocycles. The monoisotopic (exact) mass is 180 g/mol. The van der Waals surface area contributed by atoms with Crippen LogP contribution in [0, 0.1) is 17.0 Å². The third-order valence-electron chi connectivity index (χ3n) is 1.64. The van der Waals surface area contributed by atoms with Crippen molar-refractivity contribution in [1.82, 2.24) is 0 Å². The number of oxime groups is 1. The fraction of sp³-hybridized carbons (Fsp3) is 0.125. The lowest BCUT2D eigenvalue weighted by atomic mass is 10.1. The summed E-state index contributed by atoms with van der Waals surface area (Å²) in [5.74, 6) is 0. The Morgan fingerprint density at radius 2 is 2.31 bits per heavy atom. The van der Waals surface area contributed by atoms with Crippen molar-refractivity contribution in [2.75, 3.05) is 0 Å². The highest BCUT2D eigenvalue weighted by atomic mass is 16.6. The molecule has 13 heavy (non-hydrogen) atoms. The van der Waals surface area contributed by atoms with Crippen LogP contribution in [0.1, 0.15) is 11.1 Å². The van der Waals surface area contributed by atoms with Gasteiger partial charge < -0.3 is 5.21 Å². The molecule has 0 saturated heterocycles. The quantitative estimate of drug-likeness (QED) is 0.326. The minimum atomic E-state index is -0.468. The average Bonchev–Trinajstić information content (AvgIpc) is 2.08. The number of benzene rings is 1. The van der Waals surface area contributed by atoms with Crippen LogP contribution in [0.2, 0.25) is 0 Å². The maximum atomic E-state index is 10.5. The first-order valence-corrected chi connectivity index (χ1v) is 3.57. The second-order valence-electron chi connectivity index (χ2n) is 2.55. The average molecular weight is 180 g/mol. The van der Waals surface area contributed by atoms with Gasteiger partial charge in [0.2, 0.25) is 0 Å². The van der Waals surface area contributed by atoms with E-state index in [1.54, 1.807) is 19.1 Å². The highest BCUT2D eigenvalue weighted by molar-refractivity contribution is 5.80. The van der Waals surface area contributed by atoms with E-state index in [9.17, 15) is 10.1 Å². The lowest BCUT2D eigenvalue weighted by Gasteiger charge is -1.97. The van der Waals surface area contributed by atoms with Crippen LogP contribution in [-0.4, -0.2) is 16.3 Å². The predicted octanol–water partition coefficient (Wildman–Crippen LogP) is 1.71. The fourth-order valence-electron chi connectivity index (χ4n) is 0.970. The van der Waals surface area contributed by atoms with E-state index in [1.807, 2.05) is 0 Å². The van der Waals surface area contributed by atoms with Gasteiger partial charge >= 0.3 is 0 Å². The molecule has 0 aliphatic heterocycles. The number of nitro benzene ring substituents is 1. The third kappa shape index (κ3) is 2.02. The molecule has 5 nitrogen and oxygen atoms in total. The summed E-state index contributed by atoms with van der Waals surface area (Å²) in [6.45, 7) is 1.65. The molecule has 0 aliphatic rings. The van der Waals surface area contributed by atoms with Gasteiger partial charge in [0.05, 0.1) is 11.1 Å². The van der Waals surface area contributed by atoms with E-state index in [0.717, 1.165) is 6.21 Å². The molecular weight excluding hydrogens is 172 g/mol. The highest BCUT2D eigenvalue weighted by Crippen LogP contribution is 2.17. The topological polar surface area (TPSA) is 75.7 Å². The molecule has 68 valence electrons. The fourth-order valence-corrected chi connectivity index (χ4v) is 0.970. The van der Waals surface area contributed by atoms with E-state index in [0.29, 0.717) is 11.1 Å². The summed E-state index contributed by atoms with van der Waals surface area (Å²) in [7, 11) is 0. The first-order chi connectivity index (χ1) is 6.15. The Balaban J connectivity index is 3.18. The number of hydrogen-bond acceptors (Lipinski definition) is 4. The summed E-state index contributed by atoms with van der Waals surface area (Å²) < 4.78 is 0. The third-order valence-corrected chi connectivity index (χ3v) is 1.64. The van der Waals surface area contributed by atoms with Crippen molar-refractivity contribution in [3.05, 3.63) is 39.4 Å². The summed E-state index contributed by atoms with van der Waals surface area (Å²) in [6, 6.07) is 4.60. The normalized spacial score (nSPS) is 10.5. The van der Waals surface area contributed by atoms with Crippen molar-refractivity contribution < 1.29 is 10.1 Å². The summed E-state index contributed by atoms with van der Waals surface area (Å²) in [4.78, 5) is 10.0. The van der Waals surface area contributed by atoms with Gasteiger partial charge in [-0.3, -0.25) is 10.1 Å². The molecule has 0 unspecified atom stereocenters. The van der Waals surface area contributed by atoms with E-state index in [2.05, 4.69) is 5.16 Å². The van der Waals surface area contributed by atoms with Gasteiger partial charge in [-0.1, -0.05) is 17.3 Å². The maximum absolute atomic E-state index is 10.5. The summed E-state index contributed by atoms with van der Waals surface area (Å²) >= 11 is 0. The zero-order chi connectivity index (χ0) is 9.84. The van der Waals surface area contributed by atoms with Crippen LogP contribution in [-0.2, 0) is 0 Å². The Morgan fingerprint density at radius 1 is 1.62 bits per heavy atom. The molecule has 0 atom stereocenters. The Labute approximate surface area is 74.5 Å². The minimum absolute atomic E-state index is 0.0254. The number of nitro groups is 1. The second kappa shape index (κ2) is 3.66. The SMILES string of the molecule is Cc1ccc(/C=N/O)cc1[N+](=O)[O-]. The Hall–Kier alpha value is -1.91. The van der Waals surface area contributed by atoms with Gasteiger partial charge in [0.15, 0.2) is 0 Å². The van der Waals surface area contributed by atoms with E-state index < -0.39 is 4.92 Å². The minimum Gasteiger partial charge on any atom is -0.411 e. The van der Waals surface area contributed by atoms with Crippen molar-refractivity contribution >= 4 is 11.9 Å². The summed E-state index contributed by atoms with van der Waals surface area (Å²) in [5.41, 5.74) is 1.11. The van der Waals surface area contributed by atoms with Crippen molar-refractivity contribution in [1.29, 1.82) is 0 Å². The van der Waals surface area contributed by atoms with Gasteiger partial charge in [0, 0.05) is 17.2 Å². The summed E-state index contributed by atoms with van der Waals surface area (Å²) in [6.07, 6.45) is 1.15. The molecule has 1 aromatic carbocycles. The van der Waals surface area contributed by atoms with Gasteiger partial charge in [0.25, 0.3) is 5.69 Å². The van der Waals surface area contributed by atoms with Crippen LogP contribution < -0.4 is 0 Å². The molecule has 1 rings (SSSR count). The molecule has 0 saturated carbocycles. The van der Waals surface area contributed by atoms with Gasteiger partial charge in [-0.15, -0.1) is 0 Å². The Kier molecular flexibility index (Phi) is 2.59. The molecule has 0 spiro atoms. The van der Waals surface area contributed by atoms with Crippen LogP contribution >= 0.6 is 0 Å². The number of rotatable bonds is 2. The van der Waals surface area contributed by atoms with Crippen LogP contribution in [0.25, 0.3) is 0 Å². The molecule has 0 heterocycles. The van der Waals surface area contributed by atoms with E-state index >= 15 is 0 Å². The Bertz CT molecular complexity index is 360. The number of aryl methyl sites for hydroxylation is 1. The van der Waals surface area contributed by atoms with Gasteiger partial charge in [-0.25, -0.2) is 0 Å². The smallest absolute Gasteiger partial charge is 0.272 e. The number of hydrogen-bond donors (Lipinski definition) is 1. The molecule has 0 amide bonds. The number of nitrogens with zero attached hydrogens (tertiary/aromatic N) is 2. The molecule has 5 heteroatoms. The first kappa shape index (κ1) is 9.18. The maximum Gasteiger partial charge on any atom is 0.272 e. The van der Waals surface area contributed by atoms with E-state index in [4.69, 9.17) is 5.21 Å². The zero-order valence-electron chi connectivity index (χ0n) is 6.97. The van der Waals surface area contributed by atoms with Crippen molar-refractivity contribution in [3.8, 4) is 0 Å².